The monoisotopic (exact) mass is 344 g/mol. The van der Waals surface area contributed by atoms with Crippen LogP contribution < -0.4 is 4.74 Å². The predicted octanol–water partition coefficient (Wildman–Crippen LogP) is 3.84. The van der Waals surface area contributed by atoms with Crippen molar-refractivity contribution in [3.8, 4) is 17.0 Å². The Morgan fingerprint density at radius 1 is 1.10 bits per heavy atom. The highest BCUT2D eigenvalue weighted by molar-refractivity contribution is 9.10. The van der Waals surface area contributed by atoms with E-state index in [1.165, 1.54) is 4.57 Å². The van der Waals surface area contributed by atoms with Crippen molar-refractivity contribution in [2.45, 2.75) is 6.41 Å². The Morgan fingerprint density at radius 2 is 1.90 bits per heavy atom. The molecule has 3 aromatic rings. The summed E-state index contributed by atoms with van der Waals surface area (Å²) in [5, 5.41) is 10.1. The number of aliphatic hydroxyl groups is 1. The minimum absolute atomic E-state index is 0.600. The van der Waals surface area contributed by atoms with Gasteiger partial charge in [0.2, 0.25) is 0 Å². The second kappa shape index (κ2) is 6.11. The maximum atomic E-state index is 10.1. The average Bonchev–Trinajstić information content (AvgIpc) is 2.98. The molecular formula is C16H13BrN2O2. The molecule has 1 aromatic heterocycles. The first-order chi connectivity index (χ1) is 10.2. The van der Waals surface area contributed by atoms with Gasteiger partial charge in [0.1, 0.15) is 12.1 Å². The van der Waals surface area contributed by atoms with E-state index in [2.05, 4.69) is 20.9 Å². The first kappa shape index (κ1) is 13.9. The molecule has 4 nitrogen and oxygen atoms in total. The smallest absolute Gasteiger partial charge is 0.286 e. The molecule has 1 N–H and O–H groups in total. The van der Waals surface area contributed by atoms with E-state index in [-0.39, 0.29) is 0 Å². The molecule has 0 aliphatic heterocycles. The van der Waals surface area contributed by atoms with Crippen molar-refractivity contribution in [2.75, 3.05) is 0 Å². The zero-order valence-electron chi connectivity index (χ0n) is 11.1. The average molecular weight is 345 g/mol. The number of aliphatic hydroxyl groups excluding tert-OH is 1. The van der Waals surface area contributed by atoms with E-state index >= 15 is 0 Å². The summed E-state index contributed by atoms with van der Waals surface area (Å²) in [5.41, 5.74) is 1.74. The van der Waals surface area contributed by atoms with Gasteiger partial charge >= 0.3 is 0 Å². The third kappa shape index (κ3) is 3.32. The van der Waals surface area contributed by atoms with Gasteiger partial charge < -0.3 is 9.84 Å². The van der Waals surface area contributed by atoms with Crippen LogP contribution in [0.1, 0.15) is 6.41 Å². The molecule has 0 amide bonds. The second-order valence-corrected chi connectivity index (χ2v) is 5.39. The van der Waals surface area contributed by atoms with E-state index in [9.17, 15) is 5.11 Å². The maximum absolute atomic E-state index is 10.1. The van der Waals surface area contributed by atoms with Crippen LogP contribution in [0.4, 0.5) is 0 Å². The van der Waals surface area contributed by atoms with E-state index in [1.807, 2.05) is 42.5 Å². The Kier molecular flexibility index (Phi) is 4.03. The summed E-state index contributed by atoms with van der Waals surface area (Å²) in [7, 11) is 0. The van der Waals surface area contributed by atoms with Gasteiger partial charge in [-0.2, -0.15) is 0 Å². The number of hydrogen-bond donors (Lipinski definition) is 1. The molecule has 0 bridgehead atoms. The quantitative estimate of drug-likeness (QED) is 0.731. The fourth-order valence-corrected chi connectivity index (χ4v) is 2.34. The fourth-order valence-electron chi connectivity index (χ4n) is 1.94. The van der Waals surface area contributed by atoms with Crippen molar-refractivity contribution < 1.29 is 9.84 Å². The van der Waals surface area contributed by atoms with Crippen molar-refractivity contribution in [3.05, 3.63) is 71.6 Å². The maximum Gasteiger partial charge on any atom is 0.286 e. The molecule has 0 fully saturated rings. The molecule has 3 rings (SSSR count). The largest absolute Gasteiger partial charge is 0.446 e. The van der Waals surface area contributed by atoms with E-state index in [0.717, 1.165) is 15.7 Å². The van der Waals surface area contributed by atoms with Crippen LogP contribution in [-0.2, 0) is 0 Å². The van der Waals surface area contributed by atoms with Crippen LogP contribution >= 0.6 is 15.9 Å². The molecule has 1 heterocycles. The highest BCUT2D eigenvalue weighted by atomic mass is 79.9. The summed E-state index contributed by atoms with van der Waals surface area (Å²) in [6, 6.07) is 17.0. The number of imidazole rings is 1. The third-order valence-corrected chi connectivity index (χ3v) is 3.45. The van der Waals surface area contributed by atoms with Crippen molar-refractivity contribution in [2.24, 2.45) is 0 Å². The van der Waals surface area contributed by atoms with Gasteiger partial charge in [0.05, 0.1) is 5.69 Å². The molecule has 1 atom stereocenters. The lowest BCUT2D eigenvalue weighted by atomic mass is 10.2. The molecule has 106 valence electrons. The molecule has 21 heavy (non-hydrogen) atoms. The van der Waals surface area contributed by atoms with Gasteiger partial charge in [0.25, 0.3) is 6.41 Å². The zero-order valence-corrected chi connectivity index (χ0v) is 12.6. The van der Waals surface area contributed by atoms with Crippen LogP contribution in [0.3, 0.4) is 0 Å². The summed E-state index contributed by atoms with van der Waals surface area (Å²) >= 11 is 3.43. The lowest BCUT2D eigenvalue weighted by Gasteiger charge is -2.13. The lowest BCUT2D eigenvalue weighted by Crippen LogP contribution is -2.13. The van der Waals surface area contributed by atoms with Gasteiger partial charge in [-0.1, -0.05) is 46.3 Å². The van der Waals surface area contributed by atoms with Gasteiger partial charge in [-0.3, -0.25) is 4.57 Å². The van der Waals surface area contributed by atoms with E-state index in [1.54, 1.807) is 24.7 Å². The Labute approximate surface area is 130 Å². The van der Waals surface area contributed by atoms with E-state index < -0.39 is 6.41 Å². The van der Waals surface area contributed by atoms with E-state index in [0.29, 0.717) is 5.75 Å². The zero-order chi connectivity index (χ0) is 14.7. The number of aromatic nitrogens is 2. The van der Waals surface area contributed by atoms with Gasteiger partial charge in [0.15, 0.2) is 0 Å². The van der Waals surface area contributed by atoms with Crippen LogP contribution in [0, 0.1) is 0 Å². The third-order valence-electron chi connectivity index (χ3n) is 2.96. The van der Waals surface area contributed by atoms with Crippen molar-refractivity contribution in [3.63, 3.8) is 0 Å². The number of rotatable bonds is 4. The summed E-state index contributed by atoms with van der Waals surface area (Å²) in [6.45, 7) is 0. The summed E-state index contributed by atoms with van der Waals surface area (Å²) < 4.78 is 7.94. The molecule has 5 heteroatoms. The van der Waals surface area contributed by atoms with Crippen LogP contribution in [0.2, 0.25) is 0 Å². The van der Waals surface area contributed by atoms with Gasteiger partial charge in [0, 0.05) is 16.2 Å². The van der Waals surface area contributed by atoms with E-state index in [4.69, 9.17) is 4.74 Å². The number of para-hydroxylation sites is 1. The summed E-state index contributed by atoms with van der Waals surface area (Å²) in [5.74, 6) is 0.600. The number of hydrogen-bond acceptors (Lipinski definition) is 3. The summed E-state index contributed by atoms with van der Waals surface area (Å²) in [4.78, 5) is 4.29. The Balaban J connectivity index is 1.78. The van der Waals surface area contributed by atoms with Crippen molar-refractivity contribution >= 4 is 15.9 Å². The topological polar surface area (TPSA) is 47.3 Å². The lowest BCUT2D eigenvalue weighted by molar-refractivity contribution is -0.0793. The van der Waals surface area contributed by atoms with Crippen LogP contribution in [0.15, 0.2) is 71.6 Å². The Bertz CT molecular complexity index is 728. The Morgan fingerprint density at radius 3 is 2.67 bits per heavy atom. The number of nitrogens with zero attached hydrogens (tertiary/aromatic N) is 2. The minimum atomic E-state index is -1.11. The summed E-state index contributed by atoms with van der Waals surface area (Å²) in [6.07, 6.45) is 2.18. The first-order valence-electron chi connectivity index (χ1n) is 6.41. The first-order valence-corrected chi connectivity index (χ1v) is 7.21. The molecule has 0 aliphatic rings. The normalized spacial score (nSPS) is 12.1. The van der Waals surface area contributed by atoms with Crippen LogP contribution in [0.25, 0.3) is 11.3 Å². The molecule has 2 aromatic carbocycles. The highest BCUT2D eigenvalue weighted by Crippen LogP contribution is 2.23. The van der Waals surface area contributed by atoms with Crippen LogP contribution in [-0.4, -0.2) is 14.7 Å². The van der Waals surface area contributed by atoms with Crippen molar-refractivity contribution in [1.82, 2.24) is 9.55 Å². The minimum Gasteiger partial charge on any atom is -0.446 e. The predicted molar refractivity (Wildman–Crippen MR) is 83.7 cm³/mol. The van der Waals surface area contributed by atoms with Gasteiger partial charge in [-0.05, 0) is 24.3 Å². The molecular weight excluding hydrogens is 332 g/mol. The highest BCUT2D eigenvalue weighted by Gasteiger charge is 2.10. The number of benzene rings is 2. The SMILES string of the molecule is OC(Oc1ccccc1)n1cnc(-c2cccc(Br)c2)c1. The molecule has 0 radical (unpaired) electrons. The number of ether oxygens (including phenoxy) is 1. The molecule has 0 spiro atoms. The number of halogens is 1. The molecule has 0 saturated carbocycles. The van der Waals surface area contributed by atoms with Crippen LogP contribution in [0.5, 0.6) is 5.75 Å². The second-order valence-electron chi connectivity index (χ2n) is 4.47. The standard InChI is InChI=1S/C16H13BrN2O2/c17-13-6-4-5-12(9-13)15-10-19(11-18-15)16(20)21-14-7-2-1-3-8-14/h1-11,16,20H. The molecule has 0 aliphatic carbocycles. The van der Waals surface area contributed by atoms with Gasteiger partial charge in [-0.25, -0.2) is 4.98 Å². The molecule has 1 unspecified atom stereocenters. The van der Waals surface area contributed by atoms with Gasteiger partial charge in [-0.15, -0.1) is 0 Å². The van der Waals surface area contributed by atoms with Crippen molar-refractivity contribution in [1.29, 1.82) is 0 Å². The Hall–Kier alpha value is -2.11. The molecule has 0 saturated heterocycles. The fraction of sp³-hybridized carbons (Fsp3) is 0.0625.